The first-order valence-electron chi connectivity index (χ1n) is 9.74. The fraction of sp³-hybridized carbons (Fsp3) is 0.700. The van der Waals surface area contributed by atoms with Crippen LogP contribution in [0.15, 0.2) is 12.1 Å². The van der Waals surface area contributed by atoms with Gasteiger partial charge in [-0.1, -0.05) is 19.8 Å². The lowest BCUT2D eigenvalue weighted by atomic mass is 9.51. The Balaban J connectivity index is 1.70. The van der Waals surface area contributed by atoms with E-state index >= 15 is 0 Å². The molecule has 2 N–H and O–H groups in total. The van der Waals surface area contributed by atoms with Crippen LogP contribution in [0.1, 0.15) is 68.9 Å². The molecule has 0 spiro atoms. The molecule has 3 aliphatic rings. The summed E-state index contributed by atoms with van der Waals surface area (Å²) in [4.78, 5) is 0. The number of methoxy groups -OCH3 is 1. The smallest absolute Gasteiger partial charge is 0.380 e. The van der Waals surface area contributed by atoms with Gasteiger partial charge in [0, 0.05) is 0 Å². The summed E-state index contributed by atoms with van der Waals surface area (Å²) in [7, 11) is -2.52. The third-order valence-electron chi connectivity index (χ3n) is 7.25. The second-order valence-electron chi connectivity index (χ2n) is 8.63. The Labute approximate surface area is 156 Å². The van der Waals surface area contributed by atoms with Crippen LogP contribution in [0.2, 0.25) is 0 Å². The second kappa shape index (κ2) is 6.41. The molecule has 3 aliphatic carbocycles. The molecule has 0 bridgehead atoms. The fourth-order valence-electron chi connectivity index (χ4n) is 6.09. The summed E-state index contributed by atoms with van der Waals surface area (Å²) in [5.74, 6) is 2.75. The van der Waals surface area contributed by atoms with Gasteiger partial charge in [-0.15, -0.1) is 0 Å². The lowest BCUT2D eigenvalue weighted by molar-refractivity contribution is -0.00427. The van der Waals surface area contributed by atoms with Gasteiger partial charge in [0.15, 0.2) is 11.5 Å². The van der Waals surface area contributed by atoms with E-state index in [0.717, 1.165) is 18.3 Å². The molecule has 4 atom stereocenters. The Kier molecular flexibility index (Phi) is 4.47. The molecular formula is C20H29NO4S. The van der Waals surface area contributed by atoms with E-state index in [4.69, 9.17) is 14.1 Å². The predicted octanol–water partition coefficient (Wildman–Crippen LogP) is 3.91. The molecule has 1 aromatic carbocycles. The van der Waals surface area contributed by atoms with Crippen molar-refractivity contribution < 1.29 is 17.3 Å². The second-order valence-corrected chi connectivity index (χ2v) is 9.78. The molecule has 6 heteroatoms. The van der Waals surface area contributed by atoms with Gasteiger partial charge in [0.05, 0.1) is 7.11 Å². The molecule has 144 valence electrons. The van der Waals surface area contributed by atoms with E-state index in [1.165, 1.54) is 63.2 Å². The standard InChI is InChI=1S/C20H29NO4S/c1-20-9-4-3-5-17(20)15-7-6-13-11-19(25-26(21,22)23)18(24-2)12-16(13)14(15)8-10-20/h11-12,14-15,17H,3-10H2,1-2H3,(H2,21,22,23)/t14?,15?,17?,20-/m0/s1. The Morgan fingerprint density at radius 1 is 1.12 bits per heavy atom. The largest absolute Gasteiger partial charge is 0.493 e. The van der Waals surface area contributed by atoms with Crippen molar-refractivity contribution in [2.45, 2.75) is 64.2 Å². The zero-order valence-corrected chi connectivity index (χ0v) is 16.5. The third-order valence-corrected chi connectivity index (χ3v) is 7.66. The number of nitrogens with two attached hydrogens (primary N) is 1. The molecule has 1 aromatic rings. The topological polar surface area (TPSA) is 78.6 Å². The van der Waals surface area contributed by atoms with Crippen LogP contribution in [0.25, 0.3) is 0 Å². The van der Waals surface area contributed by atoms with Crippen LogP contribution >= 0.6 is 0 Å². The maximum atomic E-state index is 11.4. The van der Waals surface area contributed by atoms with Gasteiger partial charge in [-0.3, -0.25) is 0 Å². The minimum atomic E-state index is -4.06. The highest BCUT2D eigenvalue weighted by molar-refractivity contribution is 7.84. The van der Waals surface area contributed by atoms with Crippen LogP contribution in [-0.2, 0) is 16.7 Å². The van der Waals surface area contributed by atoms with Crippen molar-refractivity contribution in [2.75, 3.05) is 7.11 Å². The first-order chi connectivity index (χ1) is 12.3. The number of hydrogen-bond acceptors (Lipinski definition) is 4. The highest BCUT2D eigenvalue weighted by Gasteiger charge is 2.48. The fourth-order valence-corrected chi connectivity index (χ4v) is 6.47. The molecule has 5 nitrogen and oxygen atoms in total. The molecule has 2 fully saturated rings. The minimum absolute atomic E-state index is 0.200. The Morgan fingerprint density at radius 3 is 2.65 bits per heavy atom. The Hall–Kier alpha value is -1.27. The van der Waals surface area contributed by atoms with E-state index in [-0.39, 0.29) is 5.75 Å². The van der Waals surface area contributed by atoms with Gasteiger partial charge in [-0.2, -0.15) is 13.6 Å². The average Bonchev–Trinajstić information content (AvgIpc) is 2.58. The maximum absolute atomic E-state index is 11.4. The van der Waals surface area contributed by atoms with Gasteiger partial charge in [-0.25, -0.2) is 0 Å². The molecular weight excluding hydrogens is 350 g/mol. The molecule has 0 aromatic heterocycles. The number of rotatable bonds is 3. The molecule has 2 saturated carbocycles. The summed E-state index contributed by atoms with van der Waals surface area (Å²) in [5.41, 5.74) is 3.02. The SMILES string of the molecule is COc1cc2c(cc1OS(N)(=O)=O)CCC1C2CC[C@]2(C)CCCCC12. The summed E-state index contributed by atoms with van der Waals surface area (Å²) in [5, 5.41) is 5.06. The number of fused-ring (bicyclic) bond motifs is 5. The van der Waals surface area contributed by atoms with Crippen molar-refractivity contribution in [3.63, 3.8) is 0 Å². The van der Waals surface area contributed by atoms with Gasteiger partial charge in [0.25, 0.3) is 0 Å². The van der Waals surface area contributed by atoms with Gasteiger partial charge < -0.3 is 8.92 Å². The van der Waals surface area contributed by atoms with Crippen LogP contribution in [-0.4, -0.2) is 15.5 Å². The highest BCUT2D eigenvalue weighted by Crippen LogP contribution is 2.60. The van der Waals surface area contributed by atoms with Crippen LogP contribution in [0.3, 0.4) is 0 Å². The van der Waals surface area contributed by atoms with E-state index in [2.05, 4.69) is 6.92 Å². The van der Waals surface area contributed by atoms with Gasteiger partial charge in [0.1, 0.15) is 0 Å². The van der Waals surface area contributed by atoms with Crippen LogP contribution < -0.4 is 14.1 Å². The van der Waals surface area contributed by atoms with Crippen molar-refractivity contribution in [1.82, 2.24) is 0 Å². The van der Waals surface area contributed by atoms with E-state index in [1.54, 1.807) is 0 Å². The van der Waals surface area contributed by atoms with E-state index in [1.807, 2.05) is 12.1 Å². The normalized spacial score (nSPS) is 33.6. The van der Waals surface area contributed by atoms with Crippen molar-refractivity contribution in [2.24, 2.45) is 22.4 Å². The van der Waals surface area contributed by atoms with Crippen molar-refractivity contribution >= 4 is 10.3 Å². The lowest BCUT2D eigenvalue weighted by Crippen LogP contribution is -2.44. The molecule has 0 amide bonds. The van der Waals surface area contributed by atoms with Gasteiger partial charge >= 0.3 is 10.3 Å². The van der Waals surface area contributed by atoms with Gasteiger partial charge in [-0.05, 0) is 85.0 Å². The highest BCUT2D eigenvalue weighted by atomic mass is 32.2. The average molecular weight is 380 g/mol. The zero-order chi connectivity index (χ0) is 18.5. The zero-order valence-electron chi connectivity index (χ0n) is 15.7. The lowest BCUT2D eigenvalue weighted by Gasteiger charge is -2.54. The summed E-state index contributed by atoms with van der Waals surface area (Å²) in [6, 6.07) is 3.82. The van der Waals surface area contributed by atoms with Crippen LogP contribution in [0.5, 0.6) is 11.5 Å². The molecule has 3 unspecified atom stereocenters. The van der Waals surface area contributed by atoms with Crippen molar-refractivity contribution in [3.05, 3.63) is 23.3 Å². The Morgan fingerprint density at radius 2 is 1.92 bits per heavy atom. The maximum Gasteiger partial charge on any atom is 0.380 e. The summed E-state index contributed by atoms with van der Waals surface area (Å²) in [6.45, 7) is 2.51. The number of hydrogen-bond donors (Lipinski definition) is 1. The minimum Gasteiger partial charge on any atom is -0.493 e. The van der Waals surface area contributed by atoms with Crippen molar-refractivity contribution in [3.8, 4) is 11.5 Å². The molecule has 4 rings (SSSR count). The van der Waals surface area contributed by atoms with Crippen LogP contribution in [0.4, 0.5) is 0 Å². The van der Waals surface area contributed by atoms with Crippen molar-refractivity contribution in [1.29, 1.82) is 0 Å². The third kappa shape index (κ3) is 3.11. The van der Waals surface area contributed by atoms with E-state index < -0.39 is 10.3 Å². The summed E-state index contributed by atoms with van der Waals surface area (Å²) in [6.07, 6.45) is 10.1. The summed E-state index contributed by atoms with van der Waals surface area (Å²) < 4.78 is 33.1. The quantitative estimate of drug-likeness (QED) is 0.863. The molecule has 0 saturated heterocycles. The number of ether oxygens (including phenoxy) is 1. The van der Waals surface area contributed by atoms with E-state index in [0.29, 0.717) is 17.1 Å². The molecule has 0 aliphatic heterocycles. The van der Waals surface area contributed by atoms with E-state index in [9.17, 15) is 8.42 Å². The first kappa shape index (κ1) is 18.1. The molecule has 0 heterocycles. The number of aryl methyl sites for hydroxylation is 1. The van der Waals surface area contributed by atoms with Gasteiger partial charge in [0.2, 0.25) is 0 Å². The molecule has 0 radical (unpaired) electrons. The molecule has 26 heavy (non-hydrogen) atoms. The monoisotopic (exact) mass is 379 g/mol. The number of benzene rings is 1. The first-order valence-corrected chi connectivity index (χ1v) is 11.2. The predicted molar refractivity (Wildman–Crippen MR) is 101 cm³/mol. The summed E-state index contributed by atoms with van der Waals surface area (Å²) >= 11 is 0. The van der Waals surface area contributed by atoms with Crippen LogP contribution in [0, 0.1) is 17.3 Å². The Bertz CT molecular complexity index is 806.